The van der Waals surface area contributed by atoms with Gasteiger partial charge in [-0.15, -0.1) is 11.3 Å². The van der Waals surface area contributed by atoms with Crippen LogP contribution in [0, 0.1) is 0 Å². The van der Waals surface area contributed by atoms with Gasteiger partial charge in [0.2, 0.25) is 0 Å². The number of rotatable bonds is 6. The first-order valence-electron chi connectivity index (χ1n) is 22.3. The molecule has 0 saturated carbocycles. The zero-order chi connectivity index (χ0) is 42.1. The zero-order valence-corrected chi connectivity index (χ0v) is 35.9. The predicted molar refractivity (Wildman–Crippen MR) is 277 cm³/mol. The highest BCUT2D eigenvalue weighted by atomic mass is 32.1. The molecule has 0 bridgehead atoms. The highest BCUT2D eigenvalue weighted by molar-refractivity contribution is 7.26. The number of allylic oxidation sites excluding steroid dienone is 4. The van der Waals surface area contributed by atoms with Crippen LogP contribution in [0.3, 0.4) is 0 Å². The smallest absolute Gasteiger partial charge is 0.0541 e. The van der Waals surface area contributed by atoms with Crippen molar-refractivity contribution in [3.63, 3.8) is 0 Å². The number of aromatic nitrogens is 1. The highest BCUT2D eigenvalue weighted by Gasteiger charge is 2.20. The Kier molecular flexibility index (Phi) is 8.60. The Bertz CT molecular complexity index is 3860. The molecular weight excluding hydrogens is 791 g/mol. The van der Waals surface area contributed by atoms with Crippen molar-refractivity contribution in [2.75, 3.05) is 0 Å². The van der Waals surface area contributed by atoms with Crippen molar-refractivity contribution in [3.8, 4) is 50.2 Å². The quantitative estimate of drug-likeness (QED) is 0.147. The van der Waals surface area contributed by atoms with E-state index in [4.69, 9.17) is 0 Å². The Labute approximate surface area is 376 Å². The van der Waals surface area contributed by atoms with Crippen LogP contribution in [-0.4, -0.2) is 4.57 Å². The molecule has 0 saturated heterocycles. The summed E-state index contributed by atoms with van der Waals surface area (Å²) < 4.78 is 5.15. The molecule has 2 heteroatoms. The van der Waals surface area contributed by atoms with Crippen molar-refractivity contribution in [1.82, 2.24) is 4.57 Å². The number of thiophene rings is 1. The fourth-order valence-corrected chi connectivity index (χ4v) is 11.9. The van der Waals surface area contributed by atoms with E-state index < -0.39 is 0 Å². The molecule has 0 N–H and O–H groups in total. The lowest BCUT2D eigenvalue weighted by atomic mass is 9.85. The molecule has 13 rings (SSSR count). The van der Waals surface area contributed by atoms with Crippen LogP contribution in [0.25, 0.3) is 119 Å². The van der Waals surface area contributed by atoms with E-state index in [9.17, 15) is 0 Å². The van der Waals surface area contributed by atoms with Crippen molar-refractivity contribution < 1.29 is 0 Å². The van der Waals surface area contributed by atoms with Gasteiger partial charge in [-0.2, -0.15) is 0 Å². The minimum atomic E-state index is 1.10. The Balaban J connectivity index is 0.931. The SMILES string of the molecule is C1=CC(c2cccc3c2sc2c(-c4ccc5c(c4)c4ccccc4n5-c4ccc(-c5ccc6c(-c7ccccc7)c7ccccc7c(-c7ccccc7)c6c5)cc4)cccc23)=CCC1. The Hall–Kier alpha value is -7.78. The summed E-state index contributed by atoms with van der Waals surface area (Å²) in [5.41, 5.74) is 16.2. The molecule has 0 fully saturated rings. The number of hydrogen-bond acceptors (Lipinski definition) is 1. The number of para-hydroxylation sites is 1. The molecule has 0 unspecified atom stereocenters. The van der Waals surface area contributed by atoms with Crippen molar-refractivity contribution >= 4 is 80.4 Å². The normalized spacial score (nSPS) is 12.9. The summed E-state index contributed by atoms with van der Waals surface area (Å²) in [4.78, 5) is 0. The fourth-order valence-electron chi connectivity index (χ4n) is 10.5. The van der Waals surface area contributed by atoms with Gasteiger partial charge in [0.15, 0.2) is 0 Å². The van der Waals surface area contributed by atoms with Gasteiger partial charge in [-0.3, -0.25) is 0 Å². The summed E-state index contributed by atoms with van der Waals surface area (Å²) in [7, 11) is 0. The molecule has 1 aliphatic carbocycles. The molecule has 1 aliphatic rings. The van der Waals surface area contributed by atoms with Crippen LogP contribution >= 0.6 is 11.3 Å². The van der Waals surface area contributed by atoms with Crippen LogP contribution in [0.4, 0.5) is 0 Å². The lowest BCUT2D eigenvalue weighted by molar-refractivity contribution is 1.04. The summed E-state index contributed by atoms with van der Waals surface area (Å²) >= 11 is 1.93. The summed E-state index contributed by atoms with van der Waals surface area (Å²) in [6.45, 7) is 0. The first-order valence-corrected chi connectivity index (χ1v) is 23.1. The minimum Gasteiger partial charge on any atom is -0.309 e. The van der Waals surface area contributed by atoms with Crippen molar-refractivity contribution in [2.24, 2.45) is 0 Å². The van der Waals surface area contributed by atoms with E-state index in [1.807, 2.05) is 11.3 Å². The van der Waals surface area contributed by atoms with Gasteiger partial charge in [-0.25, -0.2) is 0 Å². The molecule has 0 spiro atoms. The Morgan fingerprint density at radius 1 is 0.344 bits per heavy atom. The standard InChI is InChI=1S/C62H41NS/c1-4-16-41(17-5-1)47-25-14-27-53-54-28-15-26-48(62(54)64-61(47)53)45-33-37-58-55(39-45)49-22-12-13-29-57(49)63(58)46-34-30-40(31-35-46)44-32-36-52-56(38-44)60(43-20-8-3-9-21-43)51-24-11-10-23-50(51)59(52)42-18-6-2-7-19-42/h2-4,6-39H,1,5H2. The summed E-state index contributed by atoms with van der Waals surface area (Å²) in [6.07, 6.45) is 9.23. The minimum absolute atomic E-state index is 1.10. The van der Waals surface area contributed by atoms with Crippen LogP contribution in [0.5, 0.6) is 0 Å². The molecule has 300 valence electrons. The van der Waals surface area contributed by atoms with Crippen LogP contribution in [0.1, 0.15) is 18.4 Å². The molecule has 0 atom stereocenters. The van der Waals surface area contributed by atoms with Gasteiger partial charge >= 0.3 is 0 Å². The summed E-state index contributed by atoms with van der Waals surface area (Å²) in [5, 5.41) is 10.2. The van der Waals surface area contributed by atoms with E-state index in [1.165, 1.54) is 119 Å². The van der Waals surface area contributed by atoms with Crippen molar-refractivity contribution in [1.29, 1.82) is 0 Å². The van der Waals surface area contributed by atoms with E-state index in [0.29, 0.717) is 0 Å². The molecule has 12 aromatic rings. The van der Waals surface area contributed by atoms with Crippen LogP contribution < -0.4 is 0 Å². The lowest BCUT2D eigenvalue weighted by Gasteiger charge is -2.19. The van der Waals surface area contributed by atoms with Crippen molar-refractivity contribution in [2.45, 2.75) is 12.8 Å². The monoisotopic (exact) mass is 831 g/mol. The Morgan fingerprint density at radius 2 is 0.891 bits per heavy atom. The van der Waals surface area contributed by atoms with Gasteiger partial charge < -0.3 is 4.57 Å². The van der Waals surface area contributed by atoms with Crippen LogP contribution in [0.2, 0.25) is 0 Å². The number of hydrogen-bond donors (Lipinski definition) is 0. The van der Waals surface area contributed by atoms with Gasteiger partial charge in [0.05, 0.1) is 11.0 Å². The van der Waals surface area contributed by atoms with Crippen LogP contribution in [-0.2, 0) is 0 Å². The van der Waals surface area contributed by atoms with E-state index >= 15 is 0 Å². The maximum absolute atomic E-state index is 2.43. The molecule has 10 aromatic carbocycles. The van der Waals surface area contributed by atoms with Crippen LogP contribution in [0.15, 0.2) is 224 Å². The Morgan fingerprint density at radius 3 is 1.59 bits per heavy atom. The molecule has 0 amide bonds. The summed E-state index contributed by atoms with van der Waals surface area (Å²) in [5.74, 6) is 0. The fraction of sp³-hybridized carbons (Fsp3) is 0.0323. The first kappa shape index (κ1) is 36.8. The molecule has 0 aliphatic heterocycles. The maximum Gasteiger partial charge on any atom is 0.0541 e. The summed E-state index contributed by atoms with van der Waals surface area (Å²) in [6, 6.07) is 76.4. The van der Waals surface area contributed by atoms with Gasteiger partial charge in [-0.05, 0) is 126 Å². The largest absolute Gasteiger partial charge is 0.309 e. The predicted octanol–water partition coefficient (Wildman–Crippen LogP) is 17.9. The molecular formula is C62H41NS. The van der Waals surface area contributed by atoms with E-state index in [2.05, 4.69) is 229 Å². The van der Waals surface area contributed by atoms with E-state index in [1.54, 1.807) is 0 Å². The number of fused-ring (bicyclic) bond motifs is 8. The van der Waals surface area contributed by atoms with Gasteiger partial charge in [0.25, 0.3) is 0 Å². The topological polar surface area (TPSA) is 4.93 Å². The highest BCUT2D eigenvalue weighted by Crippen LogP contribution is 2.47. The third-order valence-electron chi connectivity index (χ3n) is 13.4. The first-order chi connectivity index (χ1) is 31.8. The van der Waals surface area contributed by atoms with Gasteiger partial charge in [0.1, 0.15) is 0 Å². The second-order valence-corrected chi connectivity index (χ2v) is 18.0. The second-order valence-electron chi connectivity index (χ2n) is 17.0. The second kappa shape index (κ2) is 14.9. The molecule has 2 heterocycles. The molecule has 2 aromatic heterocycles. The van der Waals surface area contributed by atoms with Gasteiger partial charge in [0, 0.05) is 36.6 Å². The van der Waals surface area contributed by atoms with E-state index in [-0.39, 0.29) is 0 Å². The third-order valence-corrected chi connectivity index (χ3v) is 14.7. The molecule has 1 nitrogen and oxygen atoms in total. The van der Waals surface area contributed by atoms with Crippen molar-refractivity contribution in [3.05, 3.63) is 230 Å². The number of benzene rings is 10. The lowest BCUT2D eigenvalue weighted by Crippen LogP contribution is -1.94. The molecule has 0 radical (unpaired) electrons. The van der Waals surface area contributed by atoms with Gasteiger partial charge in [-0.1, -0.05) is 188 Å². The third kappa shape index (κ3) is 5.84. The maximum atomic E-state index is 2.43. The number of nitrogens with zero attached hydrogens (tertiary/aromatic N) is 1. The average molecular weight is 832 g/mol. The average Bonchev–Trinajstić information content (AvgIpc) is 3.92. The zero-order valence-electron chi connectivity index (χ0n) is 35.1. The van der Waals surface area contributed by atoms with E-state index in [0.717, 1.165) is 18.5 Å². The molecule has 64 heavy (non-hydrogen) atoms.